The Kier molecular flexibility index (Phi) is 5.31. The number of carbonyl (C=O) groups excluding carboxylic acids is 1. The number of rotatable bonds is 5. The number of piperidine rings is 1. The van der Waals surface area contributed by atoms with Crippen molar-refractivity contribution in [2.24, 2.45) is 0 Å². The van der Waals surface area contributed by atoms with Gasteiger partial charge in [-0.15, -0.1) is 0 Å². The minimum Gasteiger partial charge on any atom is -0.382 e. The number of nitrogen functional groups attached to an aromatic ring is 1. The highest BCUT2D eigenvalue weighted by Crippen LogP contribution is 2.16. The van der Waals surface area contributed by atoms with E-state index in [1.54, 1.807) is 24.3 Å². The fraction of sp³-hybridized carbons (Fsp3) is 0.389. The quantitative estimate of drug-likeness (QED) is 0.861. The Morgan fingerprint density at radius 3 is 2.60 bits per heavy atom. The third kappa shape index (κ3) is 3.98. The molecule has 0 saturated carbocycles. The number of aromatic nitrogens is 2. The maximum absolute atomic E-state index is 12.2. The van der Waals surface area contributed by atoms with Crippen molar-refractivity contribution in [1.29, 1.82) is 5.26 Å². The maximum Gasteiger partial charge on any atom is 0.251 e. The molecule has 0 bridgehead atoms. The summed E-state index contributed by atoms with van der Waals surface area (Å²) in [4.78, 5) is 14.6. The predicted octanol–water partition coefficient (Wildman–Crippen LogP) is 1.54. The van der Waals surface area contributed by atoms with Gasteiger partial charge in [-0.25, -0.2) is 4.68 Å². The molecule has 2 heterocycles. The molecule has 1 saturated heterocycles. The van der Waals surface area contributed by atoms with Crippen molar-refractivity contribution in [3.05, 3.63) is 41.6 Å². The van der Waals surface area contributed by atoms with Crippen LogP contribution in [0.3, 0.4) is 0 Å². The third-order valence-electron chi connectivity index (χ3n) is 4.46. The van der Waals surface area contributed by atoms with Crippen molar-refractivity contribution in [2.75, 3.05) is 31.9 Å². The summed E-state index contributed by atoms with van der Waals surface area (Å²) >= 11 is 0. The molecule has 1 aromatic carbocycles. The Hall–Kier alpha value is -2.85. The molecule has 7 heteroatoms. The molecule has 1 aliphatic heterocycles. The zero-order chi connectivity index (χ0) is 17.6. The van der Waals surface area contributed by atoms with Gasteiger partial charge >= 0.3 is 0 Å². The number of nitrogens with one attached hydrogen (secondary N) is 1. The smallest absolute Gasteiger partial charge is 0.251 e. The fourth-order valence-corrected chi connectivity index (χ4v) is 3.02. The van der Waals surface area contributed by atoms with Gasteiger partial charge in [-0.3, -0.25) is 4.79 Å². The molecule has 3 rings (SSSR count). The Morgan fingerprint density at radius 1 is 1.24 bits per heavy atom. The van der Waals surface area contributed by atoms with Crippen LogP contribution in [0.15, 0.2) is 30.5 Å². The first kappa shape index (κ1) is 17.0. The van der Waals surface area contributed by atoms with E-state index in [0.29, 0.717) is 29.2 Å². The molecule has 2 aromatic rings. The van der Waals surface area contributed by atoms with Gasteiger partial charge in [-0.1, -0.05) is 6.42 Å². The molecule has 25 heavy (non-hydrogen) atoms. The van der Waals surface area contributed by atoms with Crippen molar-refractivity contribution >= 4 is 11.7 Å². The number of benzene rings is 1. The Balaban J connectivity index is 1.57. The second-order valence-electron chi connectivity index (χ2n) is 6.17. The van der Waals surface area contributed by atoms with E-state index in [-0.39, 0.29) is 5.91 Å². The number of anilines is 1. The second-order valence-corrected chi connectivity index (χ2v) is 6.17. The Labute approximate surface area is 147 Å². The largest absolute Gasteiger partial charge is 0.382 e. The van der Waals surface area contributed by atoms with Crippen LogP contribution in [0.2, 0.25) is 0 Å². The Bertz CT molecular complexity index is 768. The standard InChI is InChI=1S/C18H22N6O/c19-12-15-13-22-24(17(15)20)16-6-4-14(5-7-16)18(25)21-8-11-23-9-2-1-3-10-23/h4-7,13H,1-3,8-11,20H2,(H,21,25). The van der Waals surface area contributed by atoms with Crippen LogP contribution in [0.5, 0.6) is 0 Å². The van der Waals surface area contributed by atoms with E-state index in [4.69, 9.17) is 11.0 Å². The SMILES string of the molecule is N#Cc1cnn(-c2ccc(C(=O)NCCN3CCCCC3)cc2)c1N. The molecule has 0 aliphatic carbocycles. The van der Waals surface area contributed by atoms with Gasteiger partial charge < -0.3 is 16.0 Å². The van der Waals surface area contributed by atoms with Crippen molar-refractivity contribution in [2.45, 2.75) is 19.3 Å². The predicted molar refractivity (Wildman–Crippen MR) is 95.3 cm³/mol. The summed E-state index contributed by atoms with van der Waals surface area (Å²) in [6.07, 6.45) is 5.24. The second kappa shape index (κ2) is 7.81. The van der Waals surface area contributed by atoms with Crippen LogP contribution in [0.25, 0.3) is 5.69 Å². The highest BCUT2D eigenvalue weighted by Gasteiger charge is 2.12. The first-order valence-corrected chi connectivity index (χ1v) is 8.53. The van der Waals surface area contributed by atoms with Gasteiger partial charge in [0.2, 0.25) is 0 Å². The van der Waals surface area contributed by atoms with E-state index in [2.05, 4.69) is 15.3 Å². The van der Waals surface area contributed by atoms with Crippen LogP contribution in [0, 0.1) is 11.3 Å². The number of amides is 1. The lowest BCUT2D eigenvalue weighted by atomic mass is 10.1. The molecule has 130 valence electrons. The van der Waals surface area contributed by atoms with Gasteiger partial charge in [0, 0.05) is 18.7 Å². The van der Waals surface area contributed by atoms with E-state index in [0.717, 1.165) is 19.6 Å². The summed E-state index contributed by atoms with van der Waals surface area (Å²) in [7, 11) is 0. The van der Waals surface area contributed by atoms with Crippen molar-refractivity contribution in [1.82, 2.24) is 20.0 Å². The number of likely N-dealkylation sites (tertiary alicyclic amines) is 1. The number of carbonyl (C=O) groups is 1. The first-order chi connectivity index (χ1) is 12.2. The Morgan fingerprint density at radius 2 is 1.96 bits per heavy atom. The van der Waals surface area contributed by atoms with Crippen molar-refractivity contribution < 1.29 is 4.79 Å². The summed E-state index contributed by atoms with van der Waals surface area (Å²) in [5.41, 5.74) is 7.51. The lowest BCUT2D eigenvalue weighted by Gasteiger charge is -2.26. The average molecular weight is 338 g/mol. The highest BCUT2D eigenvalue weighted by molar-refractivity contribution is 5.94. The van der Waals surface area contributed by atoms with Gasteiger partial charge in [-0.2, -0.15) is 10.4 Å². The fourth-order valence-electron chi connectivity index (χ4n) is 3.02. The van der Waals surface area contributed by atoms with Crippen LogP contribution in [-0.4, -0.2) is 46.8 Å². The number of hydrogen-bond acceptors (Lipinski definition) is 5. The molecular weight excluding hydrogens is 316 g/mol. The van der Waals surface area contributed by atoms with E-state index in [1.165, 1.54) is 30.1 Å². The van der Waals surface area contributed by atoms with Gasteiger partial charge in [0.05, 0.1) is 11.9 Å². The monoisotopic (exact) mass is 338 g/mol. The lowest BCUT2D eigenvalue weighted by Crippen LogP contribution is -2.37. The molecular formula is C18H22N6O. The van der Waals surface area contributed by atoms with Gasteiger partial charge in [0.1, 0.15) is 17.5 Å². The first-order valence-electron chi connectivity index (χ1n) is 8.53. The minimum absolute atomic E-state index is 0.0882. The molecule has 1 aliphatic rings. The molecule has 0 atom stereocenters. The average Bonchev–Trinajstić information content (AvgIpc) is 3.03. The summed E-state index contributed by atoms with van der Waals surface area (Å²) in [5, 5.41) is 16.0. The normalized spacial score (nSPS) is 14.8. The summed E-state index contributed by atoms with van der Waals surface area (Å²) < 4.78 is 1.48. The molecule has 3 N–H and O–H groups in total. The van der Waals surface area contributed by atoms with Crippen molar-refractivity contribution in [3.8, 4) is 11.8 Å². The number of nitriles is 1. The van der Waals surface area contributed by atoms with Crippen molar-refractivity contribution in [3.63, 3.8) is 0 Å². The van der Waals surface area contributed by atoms with E-state index >= 15 is 0 Å². The summed E-state index contributed by atoms with van der Waals surface area (Å²) in [6.45, 7) is 3.80. The summed E-state index contributed by atoms with van der Waals surface area (Å²) in [5.74, 6) is 0.205. The van der Waals surface area contributed by atoms with Crippen LogP contribution in [0.1, 0.15) is 35.2 Å². The summed E-state index contributed by atoms with van der Waals surface area (Å²) in [6, 6.07) is 8.99. The van der Waals surface area contributed by atoms with Gasteiger partial charge in [-0.05, 0) is 50.2 Å². The van der Waals surface area contributed by atoms with Gasteiger partial charge in [0.15, 0.2) is 0 Å². The van der Waals surface area contributed by atoms with Gasteiger partial charge in [0.25, 0.3) is 5.91 Å². The van der Waals surface area contributed by atoms with Crippen LogP contribution in [0.4, 0.5) is 5.82 Å². The molecule has 0 unspecified atom stereocenters. The van der Waals surface area contributed by atoms with Crippen LogP contribution >= 0.6 is 0 Å². The minimum atomic E-state index is -0.0882. The van der Waals surface area contributed by atoms with E-state index in [9.17, 15) is 4.79 Å². The topological polar surface area (TPSA) is 100.0 Å². The zero-order valence-corrected chi connectivity index (χ0v) is 14.1. The van der Waals surface area contributed by atoms with Crippen LogP contribution < -0.4 is 11.1 Å². The molecule has 1 fully saturated rings. The highest BCUT2D eigenvalue weighted by atomic mass is 16.1. The molecule has 0 spiro atoms. The third-order valence-corrected chi connectivity index (χ3v) is 4.46. The number of hydrogen-bond donors (Lipinski definition) is 2. The van der Waals surface area contributed by atoms with E-state index < -0.39 is 0 Å². The molecule has 7 nitrogen and oxygen atoms in total. The molecule has 0 radical (unpaired) electrons. The lowest BCUT2D eigenvalue weighted by molar-refractivity contribution is 0.0946. The number of nitrogens with two attached hydrogens (primary N) is 1. The number of nitrogens with zero attached hydrogens (tertiary/aromatic N) is 4. The molecule has 1 aromatic heterocycles. The molecule has 1 amide bonds. The zero-order valence-electron chi connectivity index (χ0n) is 14.1. The van der Waals surface area contributed by atoms with E-state index in [1.807, 2.05) is 6.07 Å². The maximum atomic E-state index is 12.2. The van der Waals surface area contributed by atoms with Crippen LogP contribution in [-0.2, 0) is 0 Å².